The number of aromatic hydroxyl groups is 1. The Labute approximate surface area is 178 Å². The maximum absolute atomic E-state index is 12.2. The molecule has 0 spiro atoms. The number of anilines is 1. The van der Waals surface area contributed by atoms with Gasteiger partial charge in [-0.2, -0.15) is 0 Å². The van der Waals surface area contributed by atoms with Crippen molar-refractivity contribution in [3.63, 3.8) is 0 Å². The fourth-order valence-corrected chi connectivity index (χ4v) is 4.65. The maximum atomic E-state index is 12.2. The summed E-state index contributed by atoms with van der Waals surface area (Å²) in [4.78, 5) is 0. The van der Waals surface area contributed by atoms with Crippen molar-refractivity contribution in [3.05, 3.63) is 23.8 Å². The van der Waals surface area contributed by atoms with Crippen LogP contribution in [0, 0.1) is 0 Å². The van der Waals surface area contributed by atoms with Crippen LogP contribution in [-0.4, -0.2) is 24.4 Å². The number of hydrogen-bond acceptors (Lipinski definition) is 4. The highest BCUT2D eigenvalue weighted by molar-refractivity contribution is 7.92. The van der Waals surface area contributed by atoms with Crippen molar-refractivity contribution in [1.82, 2.24) is 0 Å². The highest BCUT2D eigenvalue weighted by atomic mass is 32.2. The van der Waals surface area contributed by atoms with Gasteiger partial charge in [0.05, 0.1) is 18.0 Å². The molecule has 29 heavy (non-hydrogen) atoms. The van der Waals surface area contributed by atoms with E-state index in [1.54, 1.807) is 6.07 Å². The number of phenolic OH excluding ortho intramolecular Hbond substituents is 1. The lowest BCUT2D eigenvalue weighted by molar-refractivity contribution is 0.282. The van der Waals surface area contributed by atoms with Crippen LogP contribution >= 0.6 is 0 Å². The third-order valence-electron chi connectivity index (χ3n) is 5.28. The van der Waals surface area contributed by atoms with Crippen LogP contribution in [0.25, 0.3) is 0 Å². The Morgan fingerprint density at radius 1 is 0.793 bits per heavy atom. The predicted octanol–water partition coefficient (Wildman–Crippen LogP) is 6.11. The molecule has 5 nitrogen and oxygen atoms in total. The van der Waals surface area contributed by atoms with Gasteiger partial charge in [0.2, 0.25) is 10.0 Å². The van der Waals surface area contributed by atoms with Gasteiger partial charge >= 0.3 is 0 Å². The second kappa shape index (κ2) is 15.6. The molecule has 0 saturated heterocycles. The average molecular weight is 428 g/mol. The van der Waals surface area contributed by atoms with Crippen LogP contribution < -0.4 is 4.72 Å². The van der Waals surface area contributed by atoms with E-state index in [2.05, 4.69) is 11.6 Å². The molecule has 0 heterocycles. The van der Waals surface area contributed by atoms with E-state index in [1.807, 2.05) is 0 Å². The zero-order valence-electron chi connectivity index (χ0n) is 18.2. The van der Waals surface area contributed by atoms with Gasteiger partial charge in [-0.3, -0.25) is 4.72 Å². The molecule has 1 rings (SSSR count). The molecule has 1 aromatic rings. The first-order valence-corrected chi connectivity index (χ1v) is 13.1. The molecule has 3 N–H and O–H groups in total. The van der Waals surface area contributed by atoms with Crippen molar-refractivity contribution in [2.75, 3.05) is 10.5 Å². The Kier molecular flexibility index (Phi) is 13.8. The molecule has 0 radical (unpaired) electrons. The van der Waals surface area contributed by atoms with E-state index in [-0.39, 0.29) is 23.8 Å². The molecule has 0 atom stereocenters. The van der Waals surface area contributed by atoms with E-state index in [1.165, 1.54) is 82.8 Å². The topological polar surface area (TPSA) is 86.6 Å². The number of phenols is 1. The summed E-state index contributed by atoms with van der Waals surface area (Å²) in [7, 11) is -3.49. The van der Waals surface area contributed by atoms with Crippen molar-refractivity contribution in [2.24, 2.45) is 0 Å². The minimum atomic E-state index is -3.49. The summed E-state index contributed by atoms with van der Waals surface area (Å²) in [6.45, 7) is 2.05. The lowest BCUT2D eigenvalue weighted by atomic mass is 10.0. The van der Waals surface area contributed by atoms with Gasteiger partial charge in [-0.1, -0.05) is 96.5 Å². The van der Waals surface area contributed by atoms with E-state index in [4.69, 9.17) is 5.11 Å². The minimum absolute atomic E-state index is 0.0494. The van der Waals surface area contributed by atoms with Crippen molar-refractivity contribution in [1.29, 1.82) is 0 Å². The van der Waals surface area contributed by atoms with E-state index in [0.29, 0.717) is 12.0 Å². The molecule has 6 heteroatoms. The molecular formula is C23H41NO4S. The first-order valence-electron chi connectivity index (χ1n) is 11.4. The van der Waals surface area contributed by atoms with Gasteiger partial charge in [0.1, 0.15) is 5.75 Å². The third kappa shape index (κ3) is 12.8. The Hall–Kier alpha value is -1.27. The highest BCUT2D eigenvalue weighted by Gasteiger charge is 2.13. The molecule has 0 amide bonds. The summed E-state index contributed by atoms with van der Waals surface area (Å²) in [5.74, 6) is -0.0832. The quantitative estimate of drug-likeness (QED) is 0.195. The number of aliphatic hydroxyl groups excluding tert-OH is 1. The lowest BCUT2D eigenvalue weighted by Gasteiger charge is -2.10. The van der Waals surface area contributed by atoms with Crippen LogP contribution in [-0.2, 0) is 16.6 Å². The minimum Gasteiger partial charge on any atom is -0.506 e. The number of aliphatic hydroxyl groups is 1. The second-order valence-corrected chi connectivity index (χ2v) is 9.87. The molecule has 0 fully saturated rings. The van der Waals surface area contributed by atoms with Gasteiger partial charge in [-0.25, -0.2) is 8.42 Å². The summed E-state index contributed by atoms with van der Waals surface area (Å²) in [6.07, 6.45) is 17.2. The summed E-state index contributed by atoms with van der Waals surface area (Å²) in [5.41, 5.74) is 0.680. The number of rotatable bonds is 18. The molecular weight excluding hydrogens is 386 g/mol. The van der Waals surface area contributed by atoms with Gasteiger partial charge in [0.15, 0.2) is 0 Å². The molecule has 1 aromatic carbocycles. The van der Waals surface area contributed by atoms with Crippen LogP contribution in [0.2, 0.25) is 0 Å². The summed E-state index contributed by atoms with van der Waals surface area (Å²) >= 11 is 0. The van der Waals surface area contributed by atoms with Gasteiger partial charge in [-0.05, 0) is 24.1 Å². The number of nitrogens with one attached hydrogen (secondary N) is 1. The monoisotopic (exact) mass is 427 g/mol. The third-order valence-corrected chi connectivity index (χ3v) is 6.63. The normalized spacial score (nSPS) is 11.7. The maximum Gasteiger partial charge on any atom is 0.232 e. The first kappa shape index (κ1) is 25.8. The Balaban J connectivity index is 2.04. The van der Waals surface area contributed by atoms with Gasteiger partial charge in [0.25, 0.3) is 0 Å². The fourth-order valence-electron chi connectivity index (χ4n) is 3.47. The molecule has 0 aliphatic carbocycles. The van der Waals surface area contributed by atoms with Crippen molar-refractivity contribution in [3.8, 4) is 5.75 Å². The number of benzene rings is 1. The van der Waals surface area contributed by atoms with Crippen LogP contribution in [0.5, 0.6) is 5.75 Å². The Morgan fingerprint density at radius 2 is 1.28 bits per heavy atom. The number of hydrogen-bond donors (Lipinski definition) is 3. The van der Waals surface area contributed by atoms with Gasteiger partial charge < -0.3 is 10.2 Å². The Morgan fingerprint density at radius 3 is 1.76 bits per heavy atom. The molecule has 0 bridgehead atoms. The van der Waals surface area contributed by atoms with Crippen molar-refractivity contribution in [2.45, 2.75) is 103 Å². The van der Waals surface area contributed by atoms with Gasteiger partial charge in [0, 0.05) is 0 Å². The SMILES string of the molecule is CCCCCCCCCCCCCCCCS(=O)(=O)Nc1cc(CO)ccc1O. The zero-order chi connectivity index (χ0) is 21.4. The molecule has 0 aliphatic heterocycles. The zero-order valence-corrected chi connectivity index (χ0v) is 19.0. The standard InChI is InChI=1S/C23H41NO4S/c1-2-3-4-5-6-7-8-9-10-11-12-13-14-15-18-29(27,28)24-22-19-21(20-25)16-17-23(22)26/h16-17,19,24-26H,2-15,18,20H2,1H3. The highest BCUT2D eigenvalue weighted by Crippen LogP contribution is 2.25. The van der Waals surface area contributed by atoms with E-state index >= 15 is 0 Å². The fraction of sp³-hybridized carbons (Fsp3) is 0.739. The van der Waals surface area contributed by atoms with Crippen molar-refractivity contribution < 1.29 is 18.6 Å². The van der Waals surface area contributed by atoms with Crippen LogP contribution in [0.1, 0.15) is 102 Å². The summed E-state index contributed by atoms with van der Waals surface area (Å²) in [5, 5.41) is 18.9. The smallest absolute Gasteiger partial charge is 0.232 e. The van der Waals surface area contributed by atoms with Crippen LogP contribution in [0.4, 0.5) is 5.69 Å². The van der Waals surface area contributed by atoms with Crippen LogP contribution in [0.3, 0.4) is 0 Å². The average Bonchev–Trinajstić information content (AvgIpc) is 2.69. The lowest BCUT2D eigenvalue weighted by Crippen LogP contribution is -2.17. The van der Waals surface area contributed by atoms with E-state index in [0.717, 1.165) is 12.8 Å². The van der Waals surface area contributed by atoms with Crippen molar-refractivity contribution >= 4 is 15.7 Å². The molecule has 168 valence electrons. The first-order chi connectivity index (χ1) is 14.0. The largest absolute Gasteiger partial charge is 0.506 e. The number of unbranched alkanes of at least 4 members (excludes halogenated alkanes) is 13. The van der Waals surface area contributed by atoms with E-state index < -0.39 is 10.0 Å². The van der Waals surface area contributed by atoms with Gasteiger partial charge in [-0.15, -0.1) is 0 Å². The van der Waals surface area contributed by atoms with E-state index in [9.17, 15) is 13.5 Å². The predicted molar refractivity (Wildman–Crippen MR) is 122 cm³/mol. The van der Waals surface area contributed by atoms with Crippen LogP contribution in [0.15, 0.2) is 18.2 Å². The summed E-state index contributed by atoms with van der Waals surface area (Å²) in [6, 6.07) is 4.40. The number of sulfonamides is 1. The molecule has 0 saturated carbocycles. The molecule has 0 aliphatic rings. The molecule has 0 aromatic heterocycles. The Bertz CT molecular complexity index is 646. The molecule has 0 unspecified atom stereocenters. The summed E-state index contributed by atoms with van der Waals surface area (Å²) < 4.78 is 26.8. The second-order valence-electron chi connectivity index (χ2n) is 8.03.